The number of rotatable bonds is 2. The first-order valence-corrected chi connectivity index (χ1v) is 8.11. The van der Waals surface area contributed by atoms with Crippen molar-refractivity contribution in [2.24, 2.45) is 0 Å². The highest BCUT2D eigenvalue weighted by Crippen LogP contribution is 2.29. The lowest BCUT2D eigenvalue weighted by molar-refractivity contribution is 0.628. The highest BCUT2D eigenvalue weighted by atomic mass is 35.5. The van der Waals surface area contributed by atoms with E-state index in [0.29, 0.717) is 0 Å². The van der Waals surface area contributed by atoms with Crippen LogP contribution in [0.15, 0.2) is 54.6 Å². The van der Waals surface area contributed by atoms with Crippen LogP contribution in [0, 0.1) is 0 Å². The van der Waals surface area contributed by atoms with Gasteiger partial charge in [-0.15, -0.1) is 0 Å². The zero-order valence-corrected chi connectivity index (χ0v) is 13.3. The number of nitrogens with one attached hydrogen (secondary N) is 1. The molecular formula is C19H16ClN3. The fourth-order valence-corrected chi connectivity index (χ4v) is 3.03. The van der Waals surface area contributed by atoms with Gasteiger partial charge < -0.3 is 5.32 Å². The molecule has 0 saturated carbocycles. The molecule has 1 aliphatic rings. The molecule has 3 aromatic rings. The Kier molecular flexibility index (Phi) is 3.82. The summed E-state index contributed by atoms with van der Waals surface area (Å²) in [5.41, 5.74) is 5.46. The maximum atomic E-state index is 6.02. The van der Waals surface area contributed by atoms with E-state index in [4.69, 9.17) is 21.6 Å². The third-order valence-electron chi connectivity index (χ3n) is 4.08. The first-order valence-electron chi connectivity index (χ1n) is 7.73. The zero-order valence-electron chi connectivity index (χ0n) is 12.6. The van der Waals surface area contributed by atoms with Crippen molar-refractivity contribution in [3.05, 3.63) is 70.9 Å². The number of hydrogen-bond donors (Lipinski definition) is 1. The molecule has 0 spiro atoms. The molecule has 0 atom stereocenters. The Labute approximate surface area is 140 Å². The van der Waals surface area contributed by atoms with E-state index in [9.17, 15) is 0 Å². The van der Waals surface area contributed by atoms with Gasteiger partial charge in [0.1, 0.15) is 0 Å². The van der Waals surface area contributed by atoms with Crippen LogP contribution in [-0.2, 0) is 13.0 Å². The normalized spacial score (nSPS) is 13.6. The van der Waals surface area contributed by atoms with Crippen LogP contribution in [0.2, 0.25) is 5.02 Å². The Hall–Kier alpha value is -2.23. The average molecular weight is 322 g/mol. The summed E-state index contributed by atoms with van der Waals surface area (Å²) >= 11 is 6.02. The molecule has 114 valence electrons. The van der Waals surface area contributed by atoms with Crippen LogP contribution >= 0.6 is 11.6 Å². The molecule has 0 unspecified atom stereocenters. The lowest BCUT2D eigenvalue weighted by Gasteiger charge is -2.20. The number of aromatic nitrogens is 2. The third kappa shape index (κ3) is 2.85. The summed E-state index contributed by atoms with van der Waals surface area (Å²) < 4.78 is 0. The van der Waals surface area contributed by atoms with Crippen LogP contribution in [0.25, 0.3) is 22.6 Å². The highest BCUT2D eigenvalue weighted by molar-refractivity contribution is 6.30. The molecule has 0 fully saturated rings. The average Bonchev–Trinajstić information content (AvgIpc) is 2.62. The molecule has 23 heavy (non-hydrogen) atoms. The maximum absolute atomic E-state index is 6.02. The van der Waals surface area contributed by atoms with E-state index in [1.807, 2.05) is 42.5 Å². The Morgan fingerprint density at radius 2 is 1.65 bits per heavy atom. The number of benzene rings is 2. The fourth-order valence-electron chi connectivity index (χ4n) is 2.91. The van der Waals surface area contributed by atoms with Gasteiger partial charge in [0.25, 0.3) is 0 Å². The fraction of sp³-hybridized carbons (Fsp3) is 0.158. The molecule has 3 nitrogen and oxygen atoms in total. The molecule has 0 bridgehead atoms. The second kappa shape index (κ2) is 6.11. The van der Waals surface area contributed by atoms with Gasteiger partial charge in [-0.25, -0.2) is 9.97 Å². The highest BCUT2D eigenvalue weighted by Gasteiger charge is 2.19. The summed E-state index contributed by atoms with van der Waals surface area (Å²) in [5, 5.41) is 4.15. The molecule has 1 N–H and O–H groups in total. The van der Waals surface area contributed by atoms with Crippen molar-refractivity contribution in [1.29, 1.82) is 0 Å². The van der Waals surface area contributed by atoms with Gasteiger partial charge in [-0.3, -0.25) is 0 Å². The van der Waals surface area contributed by atoms with E-state index < -0.39 is 0 Å². The largest absolute Gasteiger partial charge is 0.312 e. The van der Waals surface area contributed by atoms with E-state index in [0.717, 1.165) is 52.9 Å². The van der Waals surface area contributed by atoms with Crippen molar-refractivity contribution in [2.45, 2.75) is 13.0 Å². The lowest BCUT2D eigenvalue weighted by atomic mass is 10.00. The van der Waals surface area contributed by atoms with Crippen LogP contribution in [0.1, 0.15) is 11.3 Å². The molecule has 4 rings (SSSR count). The van der Waals surface area contributed by atoms with E-state index in [2.05, 4.69) is 17.4 Å². The summed E-state index contributed by atoms with van der Waals surface area (Å²) in [7, 11) is 0. The summed E-state index contributed by atoms with van der Waals surface area (Å²) in [6.45, 7) is 1.76. The quantitative estimate of drug-likeness (QED) is 0.772. The minimum Gasteiger partial charge on any atom is -0.312 e. The first-order chi connectivity index (χ1) is 11.3. The van der Waals surface area contributed by atoms with Gasteiger partial charge in [-0.2, -0.15) is 0 Å². The molecule has 0 aliphatic carbocycles. The molecule has 1 aliphatic heterocycles. The minimum atomic E-state index is 0.734. The number of fused-ring (bicyclic) bond motifs is 1. The summed E-state index contributed by atoms with van der Waals surface area (Å²) in [6.07, 6.45) is 0.929. The lowest BCUT2D eigenvalue weighted by Crippen LogP contribution is -2.26. The Morgan fingerprint density at radius 3 is 2.43 bits per heavy atom. The molecular weight excluding hydrogens is 306 g/mol. The minimum absolute atomic E-state index is 0.734. The second-order valence-electron chi connectivity index (χ2n) is 5.62. The molecule has 1 aromatic heterocycles. The van der Waals surface area contributed by atoms with Gasteiger partial charge in [-0.1, -0.05) is 54.1 Å². The van der Waals surface area contributed by atoms with Crippen LogP contribution in [0.5, 0.6) is 0 Å². The van der Waals surface area contributed by atoms with E-state index >= 15 is 0 Å². The van der Waals surface area contributed by atoms with Gasteiger partial charge in [0.15, 0.2) is 5.82 Å². The molecule has 0 radical (unpaired) electrons. The number of halogens is 1. The van der Waals surface area contributed by atoms with Gasteiger partial charge >= 0.3 is 0 Å². The molecule has 2 aromatic carbocycles. The molecule has 0 amide bonds. The van der Waals surface area contributed by atoms with E-state index in [-0.39, 0.29) is 0 Å². The van der Waals surface area contributed by atoms with Crippen LogP contribution in [0.3, 0.4) is 0 Å². The molecule has 4 heteroatoms. The second-order valence-corrected chi connectivity index (χ2v) is 6.06. The predicted molar refractivity (Wildman–Crippen MR) is 93.3 cm³/mol. The standard InChI is InChI=1S/C19H16ClN3/c20-15-8-6-13(7-9-15)18-16-12-21-11-10-17(16)22-19(23-18)14-4-2-1-3-5-14/h1-9,21H,10-12H2. The first kappa shape index (κ1) is 14.4. The third-order valence-corrected chi connectivity index (χ3v) is 4.33. The van der Waals surface area contributed by atoms with Crippen LogP contribution in [-0.4, -0.2) is 16.5 Å². The summed E-state index contributed by atoms with van der Waals surface area (Å²) in [4.78, 5) is 9.67. The van der Waals surface area contributed by atoms with Crippen molar-refractivity contribution in [3.63, 3.8) is 0 Å². The van der Waals surface area contributed by atoms with Crippen molar-refractivity contribution in [2.75, 3.05) is 6.54 Å². The van der Waals surface area contributed by atoms with E-state index in [1.54, 1.807) is 0 Å². The predicted octanol–water partition coefficient (Wildman–Crippen LogP) is 4.11. The van der Waals surface area contributed by atoms with Crippen molar-refractivity contribution >= 4 is 11.6 Å². The summed E-state index contributed by atoms with van der Waals surface area (Å²) in [5.74, 6) is 0.788. The van der Waals surface area contributed by atoms with Crippen molar-refractivity contribution in [1.82, 2.24) is 15.3 Å². The smallest absolute Gasteiger partial charge is 0.160 e. The van der Waals surface area contributed by atoms with Crippen molar-refractivity contribution in [3.8, 4) is 22.6 Å². The van der Waals surface area contributed by atoms with Gasteiger partial charge in [0.2, 0.25) is 0 Å². The SMILES string of the molecule is Clc1ccc(-c2nc(-c3ccccc3)nc3c2CNCC3)cc1. The summed E-state index contributed by atoms with van der Waals surface area (Å²) in [6, 6.07) is 18.0. The van der Waals surface area contributed by atoms with Gasteiger partial charge in [0.05, 0.1) is 11.4 Å². The Morgan fingerprint density at radius 1 is 0.870 bits per heavy atom. The van der Waals surface area contributed by atoms with Crippen molar-refractivity contribution < 1.29 is 0 Å². The maximum Gasteiger partial charge on any atom is 0.160 e. The van der Waals surface area contributed by atoms with E-state index in [1.165, 1.54) is 5.56 Å². The van der Waals surface area contributed by atoms with Gasteiger partial charge in [-0.05, 0) is 12.1 Å². The topological polar surface area (TPSA) is 37.8 Å². The monoisotopic (exact) mass is 321 g/mol. The van der Waals surface area contributed by atoms with Crippen LogP contribution < -0.4 is 5.32 Å². The Bertz CT molecular complexity index is 829. The Balaban J connectivity index is 1.91. The number of hydrogen-bond acceptors (Lipinski definition) is 3. The number of nitrogens with zero attached hydrogens (tertiary/aromatic N) is 2. The molecule has 2 heterocycles. The van der Waals surface area contributed by atoms with Crippen LogP contribution in [0.4, 0.5) is 0 Å². The van der Waals surface area contributed by atoms with Gasteiger partial charge in [0, 0.05) is 41.2 Å². The molecule has 0 saturated heterocycles. The zero-order chi connectivity index (χ0) is 15.6.